The van der Waals surface area contributed by atoms with Crippen molar-refractivity contribution >= 4 is 17.6 Å². The van der Waals surface area contributed by atoms with Crippen LogP contribution in [0.3, 0.4) is 0 Å². The van der Waals surface area contributed by atoms with Gasteiger partial charge >= 0.3 is 5.97 Å². The average Bonchev–Trinajstić information content (AvgIpc) is 2.54. The molecule has 0 saturated carbocycles. The number of fused-ring (bicyclic) bond motifs is 1. The van der Waals surface area contributed by atoms with Gasteiger partial charge < -0.3 is 9.47 Å². The van der Waals surface area contributed by atoms with E-state index in [1.807, 2.05) is 13.0 Å². The van der Waals surface area contributed by atoms with E-state index in [2.05, 4.69) is 4.98 Å². The second-order valence-electron chi connectivity index (χ2n) is 6.31. The molecule has 3 rings (SSSR count). The molecule has 4 nitrogen and oxygen atoms in total. The first kappa shape index (κ1) is 17.7. The fraction of sp³-hybridized carbons (Fsp3) is 0.368. The predicted octanol–water partition coefficient (Wildman–Crippen LogP) is 4.50. The fourth-order valence-electron chi connectivity index (χ4n) is 2.98. The van der Waals surface area contributed by atoms with Crippen LogP contribution in [0, 0.1) is 12.7 Å². The summed E-state index contributed by atoms with van der Waals surface area (Å²) >= 11 is 6.12. The highest BCUT2D eigenvalue weighted by atomic mass is 35.5. The molecule has 0 fully saturated rings. The minimum absolute atomic E-state index is 0.182. The summed E-state index contributed by atoms with van der Waals surface area (Å²) in [6.07, 6.45) is 0.931. The maximum Gasteiger partial charge on any atom is 0.350 e. The molecule has 1 aromatic carbocycles. The summed E-state index contributed by atoms with van der Waals surface area (Å²) in [4.78, 5) is 16.4. The van der Waals surface area contributed by atoms with Gasteiger partial charge in [-0.3, -0.25) is 0 Å². The SMILES string of the molecule is CCOC(=O)C1(C)CCc2c(-c3ccc(C)cc3F)cc(Cl)nc2O1. The highest BCUT2D eigenvalue weighted by molar-refractivity contribution is 6.29. The topological polar surface area (TPSA) is 48.4 Å². The van der Waals surface area contributed by atoms with Gasteiger partial charge in [-0.15, -0.1) is 0 Å². The van der Waals surface area contributed by atoms with Gasteiger partial charge in [-0.25, -0.2) is 14.2 Å². The van der Waals surface area contributed by atoms with E-state index in [9.17, 15) is 9.18 Å². The minimum Gasteiger partial charge on any atom is -0.463 e. The maximum absolute atomic E-state index is 14.4. The Morgan fingerprint density at radius 3 is 2.84 bits per heavy atom. The van der Waals surface area contributed by atoms with Gasteiger partial charge in [-0.1, -0.05) is 23.7 Å². The van der Waals surface area contributed by atoms with E-state index in [4.69, 9.17) is 21.1 Å². The van der Waals surface area contributed by atoms with E-state index in [1.165, 1.54) is 6.07 Å². The lowest BCUT2D eigenvalue weighted by Crippen LogP contribution is -2.45. The van der Waals surface area contributed by atoms with Crippen molar-refractivity contribution in [1.29, 1.82) is 0 Å². The third-order valence-electron chi connectivity index (χ3n) is 4.35. The molecule has 132 valence electrons. The molecule has 6 heteroatoms. The summed E-state index contributed by atoms with van der Waals surface area (Å²) in [5.41, 5.74) is 1.53. The van der Waals surface area contributed by atoms with Crippen LogP contribution in [0.2, 0.25) is 5.15 Å². The number of carbonyl (C=O) groups is 1. The van der Waals surface area contributed by atoms with Crippen LogP contribution in [0.4, 0.5) is 4.39 Å². The summed E-state index contributed by atoms with van der Waals surface area (Å²) in [6, 6.07) is 6.66. The number of aromatic nitrogens is 1. The van der Waals surface area contributed by atoms with Crippen LogP contribution in [0.5, 0.6) is 5.88 Å². The lowest BCUT2D eigenvalue weighted by molar-refractivity contribution is -0.162. The molecule has 1 unspecified atom stereocenters. The molecular weight excluding hydrogens is 345 g/mol. The van der Waals surface area contributed by atoms with E-state index in [0.29, 0.717) is 24.0 Å². The zero-order chi connectivity index (χ0) is 18.2. The van der Waals surface area contributed by atoms with E-state index < -0.39 is 11.6 Å². The maximum atomic E-state index is 14.4. The molecule has 0 spiro atoms. The van der Waals surface area contributed by atoms with Crippen molar-refractivity contribution in [1.82, 2.24) is 4.98 Å². The first-order chi connectivity index (χ1) is 11.8. The van der Waals surface area contributed by atoms with Crippen molar-refractivity contribution < 1.29 is 18.7 Å². The lowest BCUT2D eigenvalue weighted by atomic mass is 9.89. The normalized spacial score (nSPS) is 19.1. The zero-order valence-corrected chi connectivity index (χ0v) is 15.1. The molecule has 1 atom stereocenters. The van der Waals surface area contributed by atoms with Crippen molar-refractivity contribution in [2.45, 2.75) is 39.2 Å². The van der Waals surface area contributed by atoms with Gasteiger partial charge in [0.2, 0.25) is 11.5 Å². The molecular formula is C19H19ClFNO3. The summed E-state index contributed by atoms with van der Waals surface area (Å²) in [5, 5.41) is 0.182. The Hall–Kier alpha value is -2.14. The van der Waals surface area contributed by atoms with Gasteiger partial charge in [-0.2, -0.15) is 0 Å². The number of rotatable bonds is 3. The molecule has 0 bridgehead atoms. The van der Waals surface area contributed by atoms with Gasteiger partial charge in [0.15, 0.2) is 0 Å². The molecule has 1 aliphatic rings. The number of esters is 1. The van der Waals surface area contributed by atoms with Crippen molar-refractivity contribution in [2.75, 3.05) is 6.61 Å². The fourth-order valence-corrected chi connectivity index (χ4v) is 3.16. The Morgan fingerprint density at radius 2 is 2.16 bits per heavy atom. The van der Waals surface area contributed by atoms with E-state index in [0.717, 1.165) is 11.1 Å². The first-order valence-electron chi connectivity index (χ1n) is 8.16. The van der Waals surface area contributed by atoms with Gasteiger partial charge in [0, 0.05) is 17.5 Å². The van der Waals surface area contributed by atoms with E-state index in [1.54, 1.807) is 26.0 Å². The van der Waals surface area contributed by atoms with Crippen LogP contribution in [-0.2, 0) is 16.0 Å². The zero-order valence-electron chi connectivity index (χ0n) is 14.4. The number of benzene rings is 1. The Morgan fingerprint density at radius 1 is 1.40 bits per heavy atom. The largest absolute Gasteiger partial charge is 0.463 e. The number of carbonyl (C=O) groups excluding carboxylic acids is 1. The molecule has 25 heavy (non-hydrogen) atoms. The smallest absolute Gasteiger partial charge is 0.350 e. The standard InChI is InChI=1S/C19H19ClFNO3/c1-4-24-18(23)19(3)8-7-13-14(10-16(20)22-17(13)25-19)12-6-5-11(2)9-15(12)21/h5-6,9-10H,4,7-8H2,1-3H3. The van der Waals surface area contributed by atoms with Gasteiger partial charge in [0.05, 0.1) is 6.61 Å². The molecule has 0 saturated heterocycles. The van der Waals surface area contributed by atoms with Gasteiger partial charge in [0.1, 0.15) is 11.0 Å². The van der Waals surface area contributed by atoms with Crippen LogP contribution >= 0.6 is 11.6 Å². The number of hydrogen-bond acceptors (Lipinski definition) is 4. The predicted molar refractivity (Wildman–Crippen MR) is 93.4 cm³/mol. The summed E-state index contributed by atoms with van der Waals surface area (Å²) in [7, 11) is 0. The van der Waals surface area contributed by atoms with Crippen LogP contribution in [0.25, 0.3) is 11.1 Å². The highest BCUT2D eigenvalue weighted by Gasteiger charge is 2.42. The molecule has 0 amide bonds. The number of halogens is 2. The highest BCUT2D eigenvalue weighted by Crippen LogP contribution is 2.40. The van der Waals surface area contributed by atoms with Crippen molar-refractivity contribution in [3.63, 3.8) is 0 Å². The Labute approximate surface area is 150 Å². The molecule has 0 aliphatic carbocycles. The van der Waals surface area contributed by atoms with Crippen LogP contribution < -0.4 is 4.74 Å². The lowest BCUT2D eigenvalue weighted by Gasteiger charge is -2.33. The Bertz CT molecular complexity index is 840. The Kier molecular flexibility index (Phi) is 4.69. The molecule has 1 aliphatic heterocycles. The summed E-state index contributed by atoms with van der Waals surface area (Å²) in [6.45, 7) is 5.51. The first-order valence-corrected chi connectivity index (χ1v) is 8.54. The molecule has 0 radical (unpaired) electrons. The van der Waals surface area contributed by atoms with Crippen LogP contribution in [-0.4, -0.2) is 23.2 Å². The average molecular weight is 364 g/mol. The number of ether oxygens (including phenoxy) is 2. The Balaban J connectivity index is 2.06. The molecule has 2 heterocycles. The summed E-state index contributed by atoms with van der Waals surface area (Å²) in [5.74, 6) is -0.516. The van der Waals surface area contributed by atoms with Gasteiger partial charge in [-0.05, 0) is 50.5 Å². The van der Waals surface area contributed by atoms with Crippen LogP contribution in [0.1, 0.15) is 31.4 Å². The number of pyridine rings is 1. The third-order valence-corrected chi connectivity index (χ3v) is 4.54. The van der Waals surface area contributed by atoms with Crippen LogP contribution in [0.15, 0.2) is 24.3 Å². The van der Waals surface area contributed by atoms with Crippen molar-refractivity contribution in [3.05, 3.63) is 46.4 Å². The molecule has 1 aromatic heterocycles. The van der Waals surface area contributed by atoms with Crippen molar-refractivity contribution in [2.24, 2.45) is 0 Å². The third kappa shape index (κ3) is 3.33. The minimum atomic E-state index is -1.12. The monoisotopic (exact) mass is 363 g/mol. The second kappa shape index (κ2) is 6.64. The molecule has 0 N–H and O–H groups in total. The van der Waals surface area contributed by atoms with Crippen molar-refractivity contribution in [3.8, 4) is 17.0 Å². The summed E-state index contributed by atoms with van der Waals surface area (Å²) < 4.78 is 25.4. The molecule has 2 aromatic rings. The second-order valence-corrected chi connectivity index (χ2v) is 6.70. The number of nitrogens with zero attached hydrogens (tertiary/aromatic N) is 1. The van der Waals surface area contributed by atoms with E-state index in [-0.39, 0.29) is 23.5 Å². The number of aryl methyl sites for hydroxylation is 1. The number of hydrogen-bond donors (Lipinski definition) is 0. The quantitative estimate of drug-likeness (QED) is 0.595. The van der Waals surface area contributed by atoms with Gasteiger partial charge in [0.25, 0.3) is 0 Å². The van der Waals surface area contributed by atoms with E-state index >= 15 is 0 Å².